The molecule has 112 valence electrons. The quantitative estimate of drug-likeness (QED) is 0.834. The first kappa shape index (κ1) is 16.5. The summed E-state index contributed by atoms with van der Waals surface area (Å²) in [6.07, 6.45) is 0. The van der Waals surface area contributed by atoms with Gasteiger partial charge in [-0.25, -0.2) is 0 Å². The minimum Gasteiger partial charge on any atom is -0.496 e. The predicted octanol–water partition coefficient (Wildman–Crippen LogP) is 3.01. The lowest BCUT2D eigenvalue weighted by atomic mass is 10.1. The third kappa shape index (κ3) is 5.21. The van der Waals surface area contributed by atoms with Gasteiger partial charge in [-0.1, -0.05) is 13.8 Å². The van der Waals surface area contributed by atoms with Gasteiger partial charge in [-0.3, -0.25) is 4.79 Å². The van der Waals surface area contributed by atoms with E-state index >= 15 is 0 Å². The molecule has 4 nitrogen and oxygen atoms in total. The largest absolute Gasteiger partial charge is 0.496 e. The molecule has 1 amide bonds. The van der Waals surface area contributed by atoms with Crippen molar-refractivity contribution in [3.8, 4) is 5.75 Å². The fourth-order valence-electron chi connectivity index (χ4n) is 1.78. The van der Waals surface area contributed by atoms with E-state index in [-0.39, 0.29) is 11.9 Å². The monoisotopic (exact) mass is 279 g/mol. The number of carbonyl (C=O) groups excluding carboxylic acids is 1. The Bertz CT molecular complexity index is 441. The number of rotatable bonds is 7. The predicted molar refractivity (Wildman–Crippen MR) is 80.1 cm³/mol. The van der Waals surface area contributed by atoms with Gasteiger partial charge in [0.1, 0.15) is 5.75 Å². The molecule has 0 radical (unpaired) electrons. The normalized spacial score (nSPS) is 10.9. The number of carbonyl (C=O) groups is 1. The van der Waals surface area contributed by atoms with Crippen LogP contribution < -0.4 is 10.1 Å². The topological polar surface area (TPSA) is 47.6 Å². The average Bonchev–Trinajstić information content (AvgIpc) is 2.37. The number of amides is 1. The summed E-state index contributed by atoms with van der Waals surface area (Å²) in [7, 11) is 1.62. The van der Waals surface area contributed by atoms with Gasteiger partial charge in [0.2, 0.25) is 0 Å². The van der Waals surface area contributed by atoms with Crippen LogP contribution in [0.15, 0.2) is 18.2 Å². The van der Waals surface area contributed by atoms with Gasteiger partial charge in [-0.2, -0.15) is 0 Å². The van der Waals surface area contributed by atoms with Crippen molar-refractivity contribution in [3.63, 3.8) is 0 Å². The number of hydrogen-bond donors (Lipinski definition) is 1. The molecular formula is C16H25NO3. The van der Waals surface area contributed by atoms with Crippen molar-refractivity contribution in [2.24, 2.45) is 5.92 Å². The lowest BCUT2D eigenvalue weighted by Crippen LogP contribution is -2.30. The maximum absolute atomic E-state index is 12.0. The first-order valence-electron chi connectivity index (χ1n) is 6.99. The van der Waals surface area contributed by atoms with Crippen LogP contribution in [0.2, 0.25) is 0 Å². The zero-order chi connectivity index (χ0) is 15.1. The highest BCUT2D eigenvalue weighted by atomic mass is 16.5. The first-order chi connectivity index (χ1) is 9.43. The second kappa shape index (κ2) is 7.90. The summed E-state index contributed by atoms with van der Waals surface area (Å²) in [4.78, 5) is 12.0. The molecule has 1 aromatic carbocycles. The van der Waals surface area contributed by atoms with E-state index in [1.54, 1.807) is 13.2 Å². The molecule has 0 saturated carbocycles. The Balaban J connectivity index is 2.82. The second-order valence-electron chi connectivity index (χ2n) is 5.56. The van der Waals surface area contributed by atoms with E-state index in [9.17, 15) is 4.79 Å². The maximum atomic E-state index is 12.0. The highest BCUT2D eigenvalue weighted by Crippen LogP contribution is 2.21. The number of methoxy groups -OCH3 is 1. The van der Waals surface area contributed by atoms with Crippen molar-refractivity contribution in [2.45, 2.75) is 40.3 Å². The molecule has 0 saturated heterocycles. The van der Waals surface area contributed by atoms with Gasteiger partial charge in [0, 0.05) is 23.8 Å². The van der Waals surface area contributed by atoms with Crippen molar-refractivity contribution in [2.75, 3.05) is 13.7 Å². The third-order valence-corrected chi connectivity index (χ3v) is 2.67. The summed E-state index contributed by atoms with van der Waals surface area (Å²) >= 11 is 0. The van der Waals surface area contributed by atoms with Gasteiger partial charge in [-0.05, 0) is 38.0 Å². The minimum atomic E-state index is -0.0761. The van der Waals surface area contributed by atoms with Crippen LogP contribution in [0.4, 0.5) is 0 Å². The fourth-order valence-corrected chi connectivity index (χ4v) is 1.78. The zero-order valence-electron chi connectivity index (χ0n) is 13.0. The van der Waals surface area contributed by atoms with E-state index in [1.165, 1.54) is 0 Å². The van der Waals surface area contributed by atoms with E-state index < -0.39 is 0 Å². The minimum absolute atomic E-state index is 0.0761. The third-order valence-electron chi connectivity index (χ3n) is 2.67. The van der Waals surface area contributed by atoms with Crippen LogP contribution >= 0.6 is 0 Å². The van der Waals surface area contributed by atoms with E-state index in [0.717, 1.165) is 11.3 Å². The summed E-state index contributed by atoms with van der Waals surface area (Å²) in [5.74, 6) is 1.15. The lowest BCUT2D eigenvalue weighted by molar-refractivity contribution is 0.0932. The van der Waals surface area contributed by atoms with Crippen LogP contribution in [0.3, 0.4) is 0 Å². The van der Waals surface area contributed by atoms with E-state index in [4.69, 9.17) is 9.47 Å². The lowest BCUT2D eigenvalue weighted by Gasteiger charge is -2.13. The summed E-state index contributed by atoms with van der Waals surface area (Å²) in [5.41, 5.74) is 1.52. The molecule has 1 rings (SSSR count). The first-order valence-corrected chi connectivity index (χ1v) is 6.99. The maximum Gasteiger partial charge on any atom is 0.251 e. The van der Waals surface area contributed by atoms with Crippen LogP contribution in [0.25, 0.3) is 0 Å². The highest BCUT2D eigenvalue weighted by Gasteiger charge is 2.11. The van der Waals surface area contributed by atoms with Gasteiger partial charge >= 0.3 is 0 Å². The Kier molecular flexibility index (Phi) is 6.52. The average molecular weight is 279 g/mol. The molecule has 20 heavy (non-hydrogen) atoms. The Morgan fingerprint density at radius 1 is 1.25 bits per heavy atom. The number of hydrogen-bond acceptors (Lipinski definition) is 3. The van der Waals surface area contributed by atoms with Crippen molar-refractivity contribution in [3.05, 3.63) is 29.3 Å². The summed E-state index contributed by atoms with van der Waals surface area (Å²) < 4.78 is 10.9. The van der Waals surface area contributed by atoms with E-state index in [0.29, 0.717) is 24.7 Å². The molecule has 0 aliphatic carbocycles. The van der Waals surface area contributed by atoms with Gasteiger partial charge in [0.15, 0.2) is 0 Å². The molecule has 0 atom stereocenters. The van der Waals surface area contributed by atoms with Crippen LogP contribution in [-0.2, 0) is 11.3 Å². The molecular weight excluding hydrogens is 254 g/mol. The Hall–Kier alpha value is -1.55. The molecule has 0 aliphatic heterocycles. The molecule has 0 heterocycles. The summed E-state index contributed by atoms with van der Waals surface area (Å²) in [6, 6.07) is 5.52. The molecule has 1 aromatic rings. The second-order valence-corrected chi connectivity index (χ2v) is 5.56. The Morgan fingerprint density at radius 2 is 1.95 bits per heavy atom. The smallest absolute Gasteiger partial charge is 0.251 e. The molecule has 0 fully saturated rings. The molecule has 0 bridgehead atoms. The fraction of sp³-hybridized carbons (Fsp3) is 0.562. The Labute approximate surface area is 121 Å². The highest BCUT2D eigenvalue weighted by molar-refractivity contribution is 5.94. The molecule has 4 heteroatoms. The van der Waals surface area contributed by atoms with Crippen molar-refractivity contribution in [1.29, 1.82) is 0 Å². The molecule has 0 unspecified atom stereocenters. The molecule has 0 aliphatic rings. The van der Waals surface area contributed by atoms with E-state index in [1.807, 2.05) is 26.0 Å². The van der Waals surface area contributed by atoms with Crippen LogP contribution in [0, 0.1) is 5.92 Å². The standard InChI is InChI=1S/C16H25NO3/c1-11(2)9-20-10-14-8-13(6-7-15(14)19-5)16(18)17-12(3)4/h6-8,11-12H,9-10H2,1-5H3,(H,17,18). The molecule has 1 N–H and O–H groups in total. The number of benzene rings is 1. The summed E-state index contributed by atoms with van der Waals surface area (Å²) in [6.45, 7) is 9.21. The zero-order valence-corrected chi connectivity index (χ0v) is 13.0. The number of ether oxygens (including phenoxy) is 2. The Morgan fingerprint density at radius 3 is 2.50 bits per heavy atom. The van der Waals surface area contributed by atoms with Gasteiger partial charge in [-0.15, -0.1) is 0 Å². The van der Waals surface area contributed by atoms with Gasteiger partial charge < -0.3 is 14.8 Å². The molecule has 0 spiro atoms. The van der Waals surface area contributed by atoms with Crippen molar-refractivity contribution in [1.82, 2.24) is 5.32 Å². The number of nitrogens with one attached hydrogen (secondary N) is 1. The molecule has 0 aromatic heterocycles. The summed E-state index contributed by atoms with van der Waals surface area (Å²) in [5, 5.41) is 2.88. The van der Waals surface area contributed by atoms with E-state index in [2.05, 4.69) is 19.2 Å². The van der Waals surface area contributed by atoms with Gasteiger partial charge in [0.25, 0.3) is 5.91 Å². The van der Waals surface area contributed by atoms with Crippen molar-refractivity contribution >= 4 is 5.91 Å². The van der Waals surface area contributed by atoms with Crippen LogP contribution in [-0.4, -0.2) is 25.7 Å². The van der Waals surface area contributed by atoms with Crippen molar-refractivity contribution < 1.29 is 14.3 Å². The van der Waals surface area contributed by atoms with Crippen LogP contribution in [0.5, 0.6) is 5.75 Å². The van der Waals surface area contributed by atoms with Crippen LogP contribution in [0.1, 0.15) is 43.6 Å². The SMILES string of the molecule is COc1ccc(C(=O)NC(C)C)cc1COCC(C)C. The van der Waals surface area contributed by atoms with Gasteiger partial charge in [0.05, 0.1) is 13.7 Å².